The summed E-state index contributed by atoms with van der Waals surface area (Å²) in [6, 6.07) is 20.4. The summed E-state index contributed by atoms with van der Waals surface area (Å²) in [6.45, 7) is -0.381. The lowest BCUT2D eigenvalue weighted by Crippen LogP contribution is -2.16. The fourth-order valence-corrected chi connectivity index (χ4v) is 2.75. The highest BCUT2D eigenvalue weighted by Gasteiger charge is 2.35. The minimum atomic E-state index is -4.64. The number of nitrogens with two attached hydrogens (primary N) is 1. The molecule has 0 atom stereocenters. The number of rotatable bonds is 6. The SMILES string of the molecule is NCC(=O)c1ccc(OCc2ccc(-c3ccccc3)cc2)c(C(F)(F)F)c1. The van der Waals surface area contributed by atoms with E-state index in [1.807, 2.05) is 54.6 Å². The van der Waals surface area contributed by atoms with Crippen LogP contribution in [0, 0.1) is 0 Å². The maximum Gasteiger partial charge on any atom is 0.419 e. The van der Waals surface area contributed by atoms with Crippen molar-refractivity contribution in [3.05, 3.63) is 89.5 Å². The van der Waals surface area contributed by atoms with Gasteiger partial charge in [0.05, 0.1) is 12.1 Å². The van der Waals surface area contributed by atoms with E-state index in [1.54, 1.807) is 0 Å². The first kappa shape index (κ1) is 19.6. The van der Waals surface area contributed by atoms with Gasteiger partial charge in [-0.05, 0) is 34.9 Å². The molecule has 0 saturated heterocycles. The summed E-state index contributed by atoms with van der Waals surface area (Å²) in [6.07, 6.45) is -4.64. The number of ether oxygens (including phenoxy) is 1. The van der Waals surface area contributed by atoms with Crippen LogP contribution in [0.3, 0.4) is 0 Å². The molecule has 0 spiro atoms. The average molecular weight is 385 g/mol. The van der Waals surface area contributed by atoms with Crippen LogP contribution < -0.4 is 10.5 Å². The fraction of sp³-hybridized carbons (Fsp3) is 0.136. The van der Waals surface area contributed by atoms with Crippen LogP contribution in [0.2, 0.25) is 0 Å². The second-order valence-corrected chi connectivity index (χ2v) is 6.19. The number of halogens is 3. The highest BCUT2D eigenvalue weighted by Crippen LogP contribution is 2.37. The first-order valence-corrected chi connectivity index (χ1v) is 8.60. The molecule has 6 heteroatoms. The van der Waals surface area contributed by atoms with Crippen LogP contribution >= 0.6 is 0 Å². The van der Waals surface area contributed by atoms with E-state index in [1.165, 1.54) is 6.07 Å². The first-order valence-electron chi connectivity index (χ1n) is 8.60. The van der Waals surface area contributed by atoms with Gasteiger partial charge in [-0.2, -0.15) is 13.2 Å². The summed E-state index contributed by atoms with van der Waals surface area (Å²) >= 11 is 0. The van der Waals surface area contributed by atoms with Crippen molar-refractivity contribution in [2.75, 3.05) is 6.54 Å². The van der Waals surface area contributed by atoms with Crippen molar-refractivity contribution in [3.8, 4) is 16.9 Å². The summed E-state index contributed by atoms with van der Waals surface area (Å²) in [5.41, 5.74) is 6.93. The molecule has 0 radical (unpaired) electrons. The highest BCUT2D eigenvalue weighted by molar-refractivity contribution is 5.97. The normalized spacial score (nSPS) is 11.3. The molecule has 28 heavy (non-hydrogen) atoms. The molecule has 3 nitrogen and oxygen atoms in total. The Bertz CT molecular complexity index is 952. The summed E-state index contributed by atoms with van der Waals surface area (Å²) in [5.74, 6) is -0.887. The Labute approximate surface area is 160 Å². The van der Waals surface area contributed by atoms with Gasteiger partial charge in [0.2, 0.25) is 0 Å². The standard InChI is InChI=1S/C22H18F3NO2/c23-22(24,25)19-12-18(20(27)13-26)10-11-21(19)28-14-15-6-8-17(9-7-15)16-4-2-1-3-5-16/h1-12H,13-14,26H2. The fourth-order valence-electron chi connectivity index (χ4n) is 2.75. The Morgan fingerprint density at radius 1 is 0.893 bits per heavy atom. The van der Waals surface area contributed by atoms with Crippen LogP contribution in [0.15, 0.2) is 72.8 Å². The number of carbonyl (C=O) groups excluding carboxylic acids is 1. The molecule has 0 unspecified atom stereocenters. The molecule has 3 aromatic carbocycles. The van der Waals surface area contributed by atoms with Gasteiger partial charge in [-0.1, -0.05) is 54.6 Å². The molecule has 0 aromatic heterocycles. The van der Waals surface area contributed by atoms with Gasteiger partial charge in [-0.15, -0.1) is 0 Å². The third-order valence-electron chi connectivity index (χ3n) is 4.25. The Morgan fingerprint density at radius 3 is 2.14 bits per heavy atom. The number of hydrogen-bond donors (Lipinski definition) is 1. The first-order chi connectivity index (χ1) is 13.4. The molecule has 3 aromatic rings. The zero-order valence-electron chi connectivity index (χ0n) is 14.9. The number of carbonyl (C=O) groups is 1. The second kappa shape index (κ2) is 8.27. The maximum atomic E-state index is 13.3. The third kappa shape index (κ3) is 4.58. The van der Waals surface area contributed by atoms with Crippen molar-refractivity contribution in [3.63, 3.8) is 0 Å². The van der Waals surface area contributed by atoms with Crippen LogP contribution in [0.5, 0.6) is 5.75 Å². The summed E-state index contributed by atoms with van der Waals surface area (Å²) in [7, 11) is 0. The van der Waals surface area contributed by atoms with E-state index in [4.69, 9.17) is 10.5 Å². The second-order valence-electron chi connectivity index (χ2n) is 6.19. The van der Waals surface area contributed by atoms with E-state index in [-0.39, 0.29) is 24.5 Å². The van der Waals surface area contributed by atoms with Crippen LogP contribution in [0.4, 0.5) is 13.2 Å². The summed E-state index contributed by atoms with van der Waals surface area (Å²) in [4.78, 5) is 11.6. The summed E-state index contributed by atoms with van der Waals surface area (Å²) in [5, 5.41) is 0. The lowest BCUT2D eigenvalue weighted by molar-refractivity contribution is -0.139. The number of Topliss-reactive ketones (excluding diaryl/α,β-unsaturated/α-hetero) is 1. The van der Waals surface area contributed by atoms with E-state index >= 15 is 0 Å². The number of alkyl halides is 3. The van der Waals surface area contributed by atoms with Crippen LogP contribution in [-0.2, 0) is 12.8 Å². The van der Waals surface area contributed by atoms with E-state index in [2.05, 4.69) is 0 Å². The number of ketones is 1. The Balaban J connectivity index is 1.77. The zero-order valence-corrected chi connectivity index (χ0v) is 14.9. The van der Waals surface area contributed by atoms with Crippen molar-refractivity contribution in [2.24, 2.45) is 5.73 Å². The minimum absolute atomic E-state index is 0.0255. The molecule has 3 rings (SSSR count). The van der Waals surface area contributed by atoms with Gasteiger partial charge in [0.15, 0.2) is 5.78 Å². The lowest BCUT2D eigenvalue weighted by atomic mass is 10.0. The van der Waals surface area contributed by atoms with Crippen molar-refractivity contribution in [2.45, 2.75) is 12.8 Å². The molecular formula is C22H18F3NO2. The average Bonchev–Trinajstić information content (AvgIpc) is 2.72. The van der Waals surface area contributed by atoms with Crippen LogP contribution in [0.1, 0.15) is 21.5 Å². The van der Waals surface area contributed by atoms with Gasteiger partial charge in [0.1, 0.15) is 12.4 Å². The molecule has 0 amide bonds. The maximum absolute atomic E-state index is 13.3. The van der Waals surface area contributed by atoms with Crippen molar-refractivity contribution in [1.82, 2.24) is 0 Å². The number of benzene rings is 3. The number of hydrogen-bond acceptors (Lipinski definition) is 3. The molecule has 2 N–H and O–H groups in total. The largest absolute Gasteiger partial charge is 0.488 e. The van der Waals surface area contributed by atoms with Gasteiger partial charge < -0.3 is 10.5 Å². The zero-order chi connectivity index (χ0) is 20.1. The van der Waals surface area contributed by atoms with E-state index in [0.717, 1.165) is 28.8 Å². The monoisotopic (exact) mass is 385 g/mol. The van der Waals surface area contributed by atoms with Gasteiger partial charge in [-0.25, -0.2) is 0 Å². The topological polar surface area (TPSA) is 52.3 Å². The molecule has 0 saturated carbocycles. The van der Waals surface area contributed by atoms with Gasteiger partial charge in [-0.3, -0.25) is 4.79 Å². The lowest BCUT2D eigenvalue weighted by Gasteiger charge is -2.15. The van der Waals surface area contributed by atoms with Gasteiger partial charge >= 0.3 is 6.18 Å². The van der Waals surface area contributed by atoms with Gasteiger partial charge in [0, 0.05) is 5.56 Å². The molecular weight excluding hydrogens is 367 g/mol. The molecule has 0 heterocycles. The van der Waals surface area contributed by atoms with Crippen molar-refractivity contribution >= 4 is 5.78 Å². The molecule has 0 aliphatic rings. The van der Waals surface area contributed by atoms with E-state index in [9.17, 15) is 18.0 Å². The molecule has 0 bridgehead atoms. The van der Waals surface area contributed by atoms with Crippen molar-refractivity contribution in [1.29, 1.82) is 0 Å². The molecule has 144 valence electrons. The third-order valence-corrected chi connectivity index (χ3v) is 4.25. The Hall–Kier alpha value is -3.12. The van der Waals surface area contributed by atoms with E-state index in [0.29, 0.717) is 0 Å². The predicted octanol–water partition coefficient (Wildman–Crippen LogP) is 5.09. The Kier molecular flexibility index (Phi) is 5.80. The predicted molar refractivity (Wildman–Crippen MR) is 101 cm³/mol. The van der Waals surface area contributed by atoms with Crippen LogP contribution in [-0.4, -0.2) is 12.3 Å². The van der Waals surface area contributed by atoms with Crippen molar-refractivity contribution < 1.29 is 22.7 Å². The highest BCUT2D eigenvalue weighted by atomic mass is 19.4. The molecule has 0 fully saturated rings. The van der Waals surface area contributed by atoms with E-state index < -0.39 is 17.5 Å². The molecule has 0 aliphatic heterocycles. The molecule has 0 aliphatic carbocycles. The summed E-state index contributed by atoms with van der Waals surface area (Å²) < 4.78 is 45.4. The van der Waals surface area contributed by atoms with Crippen LogP contribution in [0.25, 0.3) is 11.1 Å². The smallest absolute Gasteiger partial charge is 0.419 e. The minimum Gasteiger partial charge on any atom is -0.488 e. The Morgan fingerprint density at radius 2 is 1.54 bits per heavy atom. The quantitative estimate of drug-likeness (QED) is 0.601. The van der Waals surface area contributed by atoms with Gasteiger partial charge in [0.25, 0.3) is 0 Å².